The third-order valence-corrected chi connectivity index (χ3v) is 6.34. The topological polar surface area (TPSA) is 106 Å². The van der Waals surface area contributed by atoms with E-state index in [1.54, 1.807) is 7.11 Å². The Morgan fingerprint density at radius 2 is 2.06 bits per heavy atom. The van der Waals surface area contributed by atoms with Gasteiger partial charge in [-0.2, -0.15) is 5.21 Å². The number of hydrogen-bond donors (Lipinski definition) is 2. The van der Waals surface area contributed by atoms with Gasteiger partial charge < -0.3 is 10.1 Å². The molecular formula is C23H27ClN6O2. The van der Waals surface area contributed by atoms with Crippen molar-refractivity contribution in [2.75, 3.05) is 7.11 Å². The van der Waals surface area contributed by atoms with Crippen LogP contribution >= 0.6 is 11.6 Å². The van der Waals surface area contributed by atoms with E-state index in [0.717, 1.165) is 48.1 Å². The Hall–Kier alpha value is -3.00. The maximum absolute atomic E-state index is 11.8. The Bertz CT molecular complexity index is 1070. The van der Waals surface area contributed by atoms with Crippen molar-refractivity contribution in [1.82, 2.24) is 30.9 Å². The first-order valence-electron chi connectivity index (χ1n) is 10.9. The van der Waals surface area contributed by atoms with E-state index >= 15 is 0 Å². The van der Waals surface area contributed by atoms with Crippen molar-refractivity contribution < 1.29 is 9.53 Å². The molecule has 1 aliphatic heterocycles. The maximum atomic E-state index is 11.8. The number of benzene rings is 1. The minimum Gasteiger partial charge on any atom is -0.481 e. The molecule has 2 N–H and O–H groups in total. The normalized spacial score (nSPS) is 16.7. The third kappa shape index (κ3) is 5.07. The first-order chi connectivity index (χ1) is 15.6. The molecule has 0 radical (unpaired) electrons. The van der Waals surface area contributed by atoms with E-state index in [1.165, 1.54) is 0 Å². The van der Waals surface area contributed by atoms with Crippen LogP contribution in [0.25, 0.3) is 0 Å². The van der Waals surface area contributed by atoms with Crippen molar-refractivity contribution >= 4 is 17.5 Å². The zero-order valence-electron chi connectivity index (χ0n) is 18.3. The Morgan fingerprint density at radius 1 is 1.22 bits per heavy atom. The zero-order valence-corrected chi connectivity index (χ0v) is 19.0. The van der Waals surface area contributed by atoms with Crippen molar-refractivity contribution in [3.63, 3.8) is 0 Å². The fraction of sp³-hybridized carbons (Fsp3) is 0.435. The van der Waals surface area contributed by atoms with E-state index in [0.29, 0.717) is 29.6 Å². The highest BCUT2D eigenvalue weighted by molar-refractivity contribution is 6.31. The van der Waals surface area contributed by atoms with Crippen LogP contribution in [-0.4, -0.2) is 44.7 Å². The number of carbonyl (C=O) groups excluding carboxylic acids is 1. The molecule has 2 aromatic heterocycles. The van der Waals surface area contributed by atoms with Crippen molar-refractivity contribution in [2.24, 2.45) is 0 Å². The summed E-state index contributed by atoms with van der Waals surface area (Å²) in [5, 5.41) is 17.8. The van der Waals surface area contributed by atoms with Gasteiger partial charge in [0.05, 0.1) is 12.8 Å². The molecule has 0 bridgehead atoms. The standard InChI is InChI=1S/C23H27ClN6O2/c1-3-14-6-9-20(26-23(14)32-2)18(13-17-8-11-22(31)25-17)16-5-4-15(19(24)12-16)7-10-21-27-29-30-28-21/h4-6,9,12,17-18H,3,7-8,10-11,13H2,1-2H3,(H,25,31)(H,27,28,29,30)/t17-,18?/m1/s1. The van der Waals surface area contributed by atoms with Gasteiger partial charge in [-0.05, 0) is 48.9 Å². The van der Waals surface area contributed by atoms with Gasteiger partial charge in [-0.25, -0.2) is 4.98 Å². The summed E-state index contributed by atoms with van der Waals surface area (Å²) in [4.78, 5) is 16.6. The van der Waals surface area contributed by atoms with E-state index in [9.17, 15) is 4.79 Å². The van der Waals surface area contributed by atoms with Crippen LogP contribution in [0.4, 0.5) is 0 Å². The Labute approximate surface area is 192 Å². The number of carbonyl (C=O) groups is 1. The van der Waals surface area contributed by atoms with E-state index in [1.807, 2.05) is 6.07 Å². The number of nitrogens with one attached hydrogen (secondary N) is 2. The number of ether oxygens (including phenoxy) is 1. The average molecular weight is 455 g/mol. The Morgan fingerprint density at radius 3 is 2.72 bits per heavy atom. The number of aromatic nitrogens is 5. The second-order valence-corrected chi connectivity index (χ2v) is 8.44. The summed E-state index contributed by atoms with van der Waals surface area (Å²) >= 11 is 6.67. The van der Waals surface area contributed by atoms with Crippen LogP contribution in [0.3, 0.4) is 0 Å². The van der Waals surface area contributed by atoms with Crippen LogP contribution < -0.4 is 10.1 Å². The quantitative estimate of drug-likeness (QED) is 0.513. The van der Waals surface area contributed by atoms with Crippen molar-refractivity contribution in [2.45, 2.75) is 57.4 Å². The van der Waals surface area contributed by atoms with Crippen molar-refractivity contribution in [3.05, 3.63) is 63.6 Å². The highest BCUT2D eigenvalue weighted by Crippen LogP contribution is 2.34. The second-order valence-electron chi connectivity index (χ2n) is 8.03. The number of H-pyrrole nitrogens is 1. The molecule has 1 amide bonds. The summed E-state index contributed by atoms with van der Waals surface area (Å²) in [6, 6.07) is 10.4. The molecule has 0 spiro atoms. The molecule has 32 heavy (non-hydrogen) atoms. The fourth-order valence-corrected chi connectivity index (χ4v) is 4.49. The summed E-state index contributed by atoms with van der Waals surface area (Å²) in [7, 11) is 1.65. The van der Waals surface area contributed by atoms with Gasteiger partial charge in [-0.15, -0.1) is 10.2 Å². The number of hydrogen-bond acceptors (Lipinski definition) is 6. The average Bonchev–Trinajstić information content (AvgIpc) is 3.47. The summed E-state index contributed by atoms with van der Waals surface area (Å²) < 4.78 is 5.53. The van der Waals surface area contributed by atoms with E-state index in [-0.39, 0.29) is 17.9 Å². The maximum Gasteiger partial charge on any atom is 0.220 e. The van der Waals surface area contributed by atoms with Crippen molar-refractivity contribution in [3.8, 4) is 5.88 Å². The molecule has 1 fully saturated rings. The molecular weight excluding hydrogens is 428 g/mol. The Kier molecular flexibility index (Phi) is 6.99. The molecule has 0 saturated carbocycles. The number of methoxy groups -OCH3 is 1. The number of halogens is 1. The summed E-state index contributed by atoms with van der Waals surface area (Å²) in [5.74, 6) is 1.40. The molecule has 2 atom stereocenters. The molecule has 3 aromatic rings. The number of nitrogens with zero attached hydrogens (tertiary/aromatic N) is 4. The van der Waals surface area contributed by atoms with Gasteiger partial charge >= 0.3 is 0 Å². The van der Waals surface area contributed by atoms with Gasteiger partial charge in [0.2, 0.25) is 11.8 Å². The van der Waals surface area contributed by atoms with Gasteiger partial charge in [0.1, 0.15) is 0 Å². The van der Waals surface area contributed by atoms with Crippen LogP contribution in [0.15, 0.2) is 30.3 Å². The number of rotatable bonds is 9. The van der Waals surface area contributed by atoms with E-state index < -0.39 is 0 Å². The molecule has 8 nitrogen and oxygen atoms in total. The zero-order chi connectivity index (χ0) is 22.5. The summed E-state index contributed by atoms with van der Waals surface area (Å²) in [6.07, 6.45) is 4.38. The first-order valence-corrected chi connectivity index (χ1v) is 11.3. The number of amides is 1. The smallest absolute Gasteiger partial charge is 0.220 e. The first kappa shape index (κ1) is 22.2. The van der Waals surface area contributed by atoms with Crippen LogP contribution in [0.1, 0.15) is 60.3 Å². The second kappa shape index (κ2) is 10.1. The fourth-order valence-electron chi connectivity index (χ4n) is 4.21. The van der Waals surface area contributed by atoms with Crippen LogP contribution in [-0.2, 0) is 24.1 Å². The minimum absolute atomic E-state index is 0.0121. The van der Waals surface area contributed by atoms with Gasteiger partial charge in [-0.1, -0.05) is 41.9 Å². The lowest BCUT2D eigenvalue weighted by Gasteiger charge is -2.22. The lowest BCUT2D eigenvalue weighted by Crippen LogP contribution is -2.27. The molecule has 3 heterocycles. The van der Waals surface area contributed by atoms with Gasteiger partial charge in [0.15, 0.2) is 5.82 Å². The molecule has 4 rings (SSSR count). The monoisotopic (exact) mass is 454 g/mol. The van der Waals surface area contributed by atoms with Crippen LogP contribution in [0, 0.1) is 0 Å². The Balaban J connectivity index is 1.61. The van der Waals surface area contributed by atoms with Gasteiger partial charge in [0, 0.05) is 35.4 Å². The summed E-state index contributed by atoms with van der Waals surface area (Å²) in [5.41, 5.74) is 4.08. The molecule has 1 unspecified atom stereocenters. The third-order valence-electron chi connectivity index (χ3n) is 5.98. The number of pyridine rings is 1. The van der Waals surface area contributed by atoms with E-state index in [2.05, 4.69) is 57.1 Å². The molecule has 1 aliphatic rings. The van der Waals surface area contributed by atoms with Crippen LogP contribution in [0.2, 0.25) is 5.02 Å². The highest BCUT2D eigenvalue weighted by Gasteiger charge is 2.27. The molecule has 9 heteroatoms. The SMILES string of the molecule is CCc1ccc(C(C[C@H]2CCC(=O)N2)c2ccc(CCc3nn[nH]n3)c(Cl)c2)nc1OC. The number of tetrazole rings is 1. The number of aromatic amines is 1. The molecule has 1 saturated heterocycles. The molecule has 168 valence electrons. The predicted molar refractivity (Wildman–Crippen MR) is 121 cm³/mol. The molecule has 0 aliphatic carbocycles. The lowest BCUT2D eigenvalue weighted by atomic mass is 9.87. The lowest BCUT2D eigenvalue weighted by molar-refractivity contribution is -0.119. The van der Waals surface area contributed by atoms with Crippen LogP contribution in [0.5, 0.6) is 5.88 Å². The summed E-state index contributed by atoms with van der Waals surface area (Å²) in [6.45, 7) is 2.08. The van der Waals surface area contributed by atoms with Gasteiger partial charge in [-0.3, -0.25) is 4.79 Å². The number of aryl methyl sites for hydroxylation is 3. The van der Waals surface area contributed by atoms with Gasteiger partial charge in [0.25, 0.3) is 0 Å². The molecule has 1 aromatic carbocycles. The highest BCUT2D eigenvalue weighted by atomic mass is 35.5. The minimum atomic E-state index is -0.0121. The predicted octanol–water partition coefficient (Wildman–Crippen LogP) is 3.40. The van der Waals surface area contributed by atoms with E-state index in [4.69, 9.17) is 21.3 Å². The van der Waals surface area contributed by atoms with Crippen molar-refractivity contribution in [1.29, 1.82) is 0 Å². The largest absolute Gasteiger partial charge is 0.481 e.